The number of aliphatic imine (C=N–C) groups is 1. The summed E-state index contributed by atoms with van der Waals surface area (Å²) in [5, 5.41) is 40.1. The molecule has 17 heteroatoms. The second-order valence-corrected chi connectivity index (χ2v) is 9.67. The van der Waals surface area contributed by atoms with E-state index >= 15 is 4.39 Å². The minimum atomic E-state index is -1.52. The summed E-state index contributed by atoms with van der Waals surface area (Å²) in [5.41, 5.74) is 5.99. The minimum absolute atomic E-state index is 0.00935. The normalized spacial score (nSPS) is 12.7. The molecule has 0 spiro atoms. The fourth-order valence-electron chi connectivity index (χ4n) is 3.80. The van der Waals surface area contributed by atoms with Crippen molar-refractivity contribution in [3.05, 3.63) is 65.4 Å². The smallest absolute Gasteiger partial charge is 0.436 e. The van der Waals surface area contributed by atoms with Gasteiger partial charge in [0.2, 0.25) is 16.7 Å². The van der Waals surface area contributed by atoms with Crippen molar-refractivity contribution in [1.82, 2.24) is 24.6 Å². The van der Waals surface area contributed by atoms with Crippen molar-refractivity contribution in [1.29, 1.82) is 5.41 Å². The number of carbonyl (C=O) groups is 1. The second-order valence-electron chi connectivity index (χ2n) is 8.63. The fraction of sp³-hybridized carbons (Fsp3) is 0.120. The number of phenols is 1. The van der Waals surface area contributed by atoms with Crippen molar-refractivity contribution >= 4 is 29.5 Å². The van der Waals surface area contributed by atoms with Gasteiger partial charge in [-0.2, -0.15) is 9.37 Å². The molecule has 1 aliphatic rings. The van der Waals surface area contributed by atoms with E-state index in [2.05, 4.69) is 20.1 Å². The molecule has 42 heavy (non-hydrogen) atoms. The molecule has 0 atom stereocenters. The van der Waals surface area contributed by atoms with Gasteiger partial charge < -0.3 is 35.4 Å². The van der Waals surface area contributed by atoms with E-state index in [4.69, 9.17) is 25.7 Å². The van der Waals surface area contributed by atoms with Gasteiger partial charge in [0.15, 0.2) is 17.3 Å². The minimum Gasteiger partial charge on any atom is -0.504 e. The first kappa shape index (κ1) is 28.1. The summed E-state index contributed by atoms with van der Waals surface area (Å²) >= 11 is 0.922. The first-order valence-corrected chi connectivity index (χ1v) is 12.7. The van der Waals surface area contributed by atoms with E-state index < -0.39 is 41.1 Å². The van der Waals surface area contributed by atoms with E-state index in [1.165, 1.54) is 30.3 Å². The fourth-order valence-corrected chi connectivity index (χ4v) is 4.57. The monoisotopic (exact) mass is 598 g/mol. The number of nitrogens with one attached hydrogen (secondary N) is 1. The van der Waals surface area contributed by atoms with Gasteiger partial charge in [0.05, 0.1) is 18.3 Å². The van der Waals surface area contributed by atoms with Gasteiger partial charge in [-0.05, 0) is 48.2 Å². The third-order valence-corrected chi connectivity index (χ3v) is 6.65. The lowest BCUT2D eigenvalue weighted by Gasteiger charge is -2.19. The Kier molecular flexibility index (Phi) is 7.49. The molecule has 2 aromatic carbocycles. The summed E-state index contributed by atoms with van der Waals surface area (Å²) in [5.74, 6) is -4.57. The molecule has 0 saturated heterocycles. The summed E-state index contributed by atoms with van der Waals surface area (Å²) in [4.78, 5) is 25.2. The maximum atomic E-state index is 15.5. The number of pyridine rings is 1. The van der Waals surface area contributed by atoms with Crippen molar-refractivity contribution in [3.8, 4) is 34.9 Å². The van der Waals surface area contributed by atoms with Crippen LogP contribution in [0.1, 0.15) is 11.1 Å². The maximum Gasteiger partial charge on any atom is 0.436 e. The van der Waals surface area contributed by atoms with Crippen LogP contribution in [-0.4, -0.2) is 77.9 Å². The number of phenolic OH excluding ortho intramolecular Hbond substituents is 1. The molecule has 0 radical (unpaired) electrons. The van der Waals surface area contributed by atoms with Crippen LogP contribution in [-0.2, 0) is 0 Å². The van der Waals surface area contributed by atoms with Crippen molar-refractivity contribution in [2.75, 3.05) is 20.1 Å². The van der Waals surface area contributed by atoms with Gasteiger partial charge in [0, 0.05) is 24.1 Å². The zero-order valence-electron chi connectivity index (χ0n) is 21.4. The third-order valence-electron chi connectivity index (χ3n) is 5.80. The number of carboxylic acid groups (broad SMARTS) is 1. The molecule has 6 N–H and O–H groups in total. The van der Waals surface area contributed by atoms with Gasteiger partial charge in [-0.25, -0.2) is 14.2 Å². The SMILES string of the molecule is CN1CCN=C1c1cc(Sc2nc(O)n(C(=O)O)n2)ccc1Oc1c(F)cnc(Oc2cc(C(=N)N)ccc2O)c1F. The number of halogens is 2. The lowest BCUT2D eigenvalue weighted by molar-refractivity contribution is 0.188. The highest BCUT2D eigenvalue weighted by molar-refractivity contribution is 7.99. The molecular formula is C25H20F2N8O6S. The molecule has 0 unspecified atom stereocenters. The van der Waals surface area contributed by atoms with Crippen LogP contribution < -0.4 is 15.2 Å². The number of nitrogen functional groups attached to an aromatic ring is 1. The van der Waals surface area contributed by atoms with Gasteiger partial charge in [-0.15, -0.1) is 9.78 Å². The average molecular weight is 599 g/mol. The van der Waals surface area contributed by atoms with Crippen LogP contribution >= 0.6 is 11.8 Å². The van der Waals surface area contributed by atoms with Crippen LogP contribution in [0.2, 0.25) is 0 Å². The number of hydrogen-bond acceptors (Lipinski definition) is 12. The molecule has 0 aliphatic carbocycles. The van der Waals surface area contributed by atoms with E-state index in [-0.39, 0.29) is 28.1 Å². The van der Waals surface area contributed by atoms with Crippen LogP contribution in [0.4, 0.5) is 13.6 Å². The number of rotatable bonds is 8. The molecular weight excluding hydrogens is 578 g/mol. The molecule has 4 aromatic rings. The summed E-state index contributed by atoms with van der Waals surface area (Å²) in [7, 11) is 1.77. The molecule has 0 amide bonds. The van der Waals surface area contributed by atoms with Gasteiger partial charge in [-0.1, -0.05) is 0 Å². The van der Waals surface area contributed by atoms with E-state index in [0.29, 0.717) is 40.3 Å². The summed E-state index contributed by atoms with van der Waals surface area (Å²) in [6.07, 6.45) is -0.843. The highest BCUT2D eigenvalue weighted by atomic mass is 32.2. The summed E-state index contributed by atoms with van der Waals surface area (Å²) in [6.45, 7) is 1.03. The van der Waals surface area contributed by atoms with Crippen molar-refractivity contribution in [3.63, 3.8) is 0 Å². The number of likely N-dealkylation sites (N-methyl/N-ethyl adjacent to an activating group) is 1. The highest BCUT2D eigenvalue weighted by Gasteiger charge is 2.25. The Morgan fingerprint density at radius 3 is 2.60 bits per heavy atom. The number of amidine groups is 2. The summed E-state index contributed by atoms with van der Waals surface area (Å²) < 4.78 is 41.8. The standard InChI is InChI=1S/C25H20F2N8O6S/c1-34-7-6-30-21(34)13-9-12(42-23-32-24(37)35(33-23)25(38)39)3-5-16(13)40-19-14(26)10-31-22(18(19)27)41-17-8-11(20(28)29)2-4-15(17)36/h2-5,8-10,36H,6-7H2,1H3,(H3,28,29)(H,38,39)(H,32,33,37). The van der Waals surface area contributed by atoms with Crippen LogP contribution in [0.15, 0.2) is 57.6 Å². The van der Waals surface area contributed by atoms with E-state index in [1.807, 2.05) is 0 Å². The zero-order chi connectivity index (χ0) is 30.1. The molecule has 14 nitrogen and oxygen atoms in total. The van der Waals surface area contributed by atoms with Gasteiger partial charge >= 0.3 is 12.1 Å². The van der Waals surface area contributed by atoms with Crippen LogP contribution in [0.25, 0.3) is 0 Å². The molecule has 5 rings (SSSR count). The number of ether oxygens (including phenoxy) is 2. The quantitative estimate of drug-likeness (QED) is 0.146. The Morgan fingerprint density at radius 2 is 1.93 bits per heavy atom. The van der Waals surface area contributed by atoms with Crippen LogP contribution in [0, 0.1) is 17.0 Å². The maximum absolute atomic E-state index is 15.5. The van der Waals surface area contributed by atoms with Crippen LogP contribution in [0.5, 0.6) is 34.9 Å². The molecule has 0 bridgehead atoms. The van der Waals surface area contributed by atoms with Crippen LogP contribution in [0.3, 0.4) is 0 Å². The van der Waals surface area contributed by atoms with E-state index in [9.17, 15) is 19.4 Å². The van der Waals surface area contributed by atoms with E-state index in [1.54, 1.807) is 18.0 Å². The number of aromatic hydroxyl groups is 2. The van der Waals surface area contributed by atoms with Crippen molar-refractivity contribution < 1.29 is 38.4 Å². The van der Waals surface area contributed by atoms with Gasteiger partial charge in [0.1, 0.15) is 17.4 Å². The predicted octanol–water partition coefficient (Wildman–Crippen LogP) is 3.60. The summed E-state index contributed by atoms with van der Waals surface area (Å²) in [6, 6.07) is 7.44. The van der Waals surface area contributed by atoms with Gasteiger partial charge in [-0.3, -0.25) is 10.4 Å². The number of benzene rings is 2. The predicted molar refractivity (Wildman–Crippen MR) is 143 cm³/mol. The average Bonchev–Trinajstić information content (AvgIpc) is 3.54. The Balaban J connectivity index is 1.50. The topological polar surface area (TPSA) is 205 Å². The molecule has 3 heterocycles. The first-order valence-electron chi connectivity index (χ1n) is 11.9. The lowest BCUT2D eigenvalue weighted by atomic mass is 10.1. The molecule has 1 aliphatic heterocycles. The lowest BCUT2D eigenvalue weighted by Crippen LogP contribution is -2.24. The molecule has 0 fully saturated rings. The number of aromatic nitrogens is 4. The number of nitrogens with two attached hydrogens (primary N) is 1. The van der Waals surface area contributed by atoms with E-state index in [0.717, 1.165) is 11.8 Å². The van der Waals surface area contributed by atoms with Crippen molar-refractivity contribution in [2.24, 2.45) is 10.7 Å². The molecule has 216 valence electrons. The number of nitrogens with zero attached hydrogens (tertiary/aromatic N) is 6. The first-order chi connectivity index (χ1) is 20.0. The van der Waals surface area contributed by atoms with Crippen molar-refractivity contribution in [2.45, 2.75) is 10.1 Å². The molecule has 0 saturated carbocycles. The van der Waals surface area contributed by atoms with Gasteiger partial charge in [0.25, 0.3) is 5.88 Å². The third kappa shape index (κ3) is 5.57. The Morgan fingerprint density at radius 1 is 1.14 bits per heavy atom. The Bertz CT molecular complexity index is 1770. The second kappa shape index (κ2) is 11.2. The highest BCUT2D eigenvalue weighted by Crippen LogP contribution is 2.39. The largest absolute Gasteiger partial charge is 0.504 e. The number of hydrogen-bond donors (Lipinski definition) is 5. The zero-order valence-corrected chi connectivity index (χ0v) is 22.3. The molecule has 2 aromatic heterocycles. The Hall–Kier alpha value is -5.45. The Labute approximate surface area is 239 Å².